The summed E-state index contributed by atoms with van der Waals surface area (Å²) in [5.74, 6) is 0.261. The molecule has 0 unspecified atom stereocenters. The number of nitrogens with one attached hydrogen (secondary N) is 1. The lowest BCUT2D eigenvalue weighted by molar-refractivity contribution is -0.118. The maximum Gasteiger partial charge on any atom is 0.339 e. The quantitative estimate of drug-likeness (QED) is 0.386. The summed E-state index contributed by atoms with van der Waals surface area (Å²) in [5, 5.41) is 3.03. The van der Waals surface area contributed by atoms with E-state index in [0.29, 0.717) is 27.7 Å². The molecule has 1 saturated carbocycles. The van der Waals surface area contributed by atoms with E-state index in [2.05, 4.69) is 10.3 Å². The standard InChI is InChI=1S/C26H29N3O4S/c1-18-11-12-23-28-20(13-25(31)29(23)15-18)16-33-26(32)21-9-5-6-10-22(21)34-17-24(30)27-14-19-7-3-2-4-8-19/h5-6,9-13,15,19H,2-4,7-8,14,16-17H2,1H3,(H,27,30). The van der Waals surface area contributed by atoms with Crippen molar-refractivity contribution in [3.8, 4) is 0 Å². The van der Waals surface area contributed by atoms with E-state index in [-0.39, 0.29) is 23.8 Å². The molecular weight excluding hydrogens is 450 g/mol. The zero-order valence-electron chi connectivity index (χ0n) is 19.3. The van der Waals surface area contributed by atoms with Gasteiger partial charge in [-0.05, 0) is 49.4 Å². The summed E-state index contributed by atoms with van der Waals surface area (Å²) >= 11 is 1.32. The van der Waals surface area contributed by atoms with Crippen LogP contribution in [0.1, 0.15) is 53.7 Å². The first-order valence-electron chi connectivity index (χ1n) is 11.6. The molecule has 0 radical (unpaired) electrons. The highest BCUT2D eigenvalue weighted by atomic mass is 32.2. The molecule has 0 saturated heterocycles. The Morgan fingerprint density at radius 3 is 2.76 bits per heavy atom. The molecule has 4 rings (SSSR count). The minimum absolute atomic E-state index is 0.0326. The van der Waals surface area contributed by atoms with Gasteiger partial charge in [0.05, 0.1) is 17.0 Å². The summed E-state index contributed by atoms with van der Waals surface area (Å²) in [5.41, 5.74) is 2.00. The van der Waals surface area contributed by atoms with Gasteiger partial charge in [0.25, 0.3) is 5.56 Å². The molecule has 2 aromatic heterocycles. The molecule has 8 heteroatoms. The molecule has 0 aliphatic heterocycles. The van der Waals surface area contributed by atoms with Crippen molar-refractivity contribution in [2.24, 2.45) is 5.92 Å². The van der Waals surface area contributed by atoms with Crippen LogP contribution in [0, 0.1) is 12.8 Å². The molecule has 7 nitrogen and oxygen atoms in total. The Morgan fingerprint density at radius 2 is 1.94 bits per heavy atom. The molecule has 1 aromatic carbocycles. The Labute approximate surface area is 202 Å². The molecule has 0 bridgehead atoms. The van der Waals surface area contributed by atoms with Crippen molar-refractivity contribution < 1.29 is 14.3 Å². The lowest BCUT2D eigenvalue weighted by Gasteiger charge is -2.21. The van der Waals surface area contributed by atoms with E-state index in [0.717, 1.165) is 12.1 Å². The predicted octanol–water partition coefficient (Wildman–Crippen LogP) is 4.15. The van der Waals surface area contributed by atoms with Gasteiger partial charge in [-0.25, -0.2) is 9.78 Å². The lowest BCUT2D eigenvalue weighted by atomic mass is 9.89. The Hall–Kier alpha value is -3.13. The van der Waals surface area contributed by atoms with Crippen LogP contribution in [0.3, 0.4) is 0 Å². The monoisotopic (exact) mass is 479 g/mol. The molecule has 0 spiro atoms. The largest absolute Gasteiger partial charge is 0.456 e. The van der Waals surface area contributed by atoms with Crippen molar-refractivity contribution >= 4 is 29.3 Å². The number of esters is 1. The summed E-state index contributed by atoms with van der Waals surface area (Å²) in [4.78, 5) is 42.5. The summed E-state index contributed by atoms with van der Waals surface area (Å²) in [7, 11) is 0. The number of hydrogen-bond donors (Lipinski definition) is 1. The van der Waals surface area contributed by atoms with Crippen LogP contribution >= 0.6 is 11.8 Å². The van der Waals surface area contributed by atoms with E-state index in [9.17, 15) is 14.4 Å². The number of pyridine rings is 1. The Morgan fingerprint density at radius 1 is 1.15 bits per heavy atom. The molecule has 1 aliphatic carbocycles. The molecule has 0 atom stereocenters. The minimum Gasteiger partial charge on any atom is -0.456 e. The number of fused-ring (bicyclic) bond motifs is 1. The third-order valence-electron chi connectivity index (χ3n) is 5.99. The van der Waals surface area contributed by atoms with Gasteiger partial charge in [0.15, 0.2) is 0 Å². The van der Waals surface area contributed by atoms with Crippen LogP contribution in [0.2, 0.25) is 0 Å². The number of rotatable bonds is 8. The van der Waals surface area contributed by atoms with Gasteiger partial charge in [-0.15, -0.1) is 11.8 Å². The second kappa shape index (κ2) is 11.3. The summed E-state index contributed by atoms with van der Waals surface area (Å²) < 4.78 is 6.92. The average Bonchev–Trinajstić information content (AvgIpc) is 2.86. The molecule has 178 valence electrons. The number of thioether (sulfide) groups is 1. The smallest absolute Gasteiger partial charge is 0.339 e. The van der Waals surface area contributed by atoms with Gasteiger partial charge in [-0.3, -0.25) is 14.0 Å². The fourth-order valence-electron chi connectivity index (χ4n) is 4.15. The molecule has 1 aliphatic rings. The number of aryl methyl sites for hydroxylation is 1. The fourth-order valence-corrected chi connectivity index (χ4v) is 5.02. The van der Waals surface area contributed by atoms with Crippen molar-refractivity contribution in [2.45, 2.75) is 50.5 Å². The molecular formula is C26H29N3O4S. The maximum absolute atomic E-state index is 12.8. The van der Waals surface area contributed by atoms with E-state index < -0.39 is 5.97 Å². The van der Waals surface area contributed by atoms with Crippen molar-refractivity contribution in [3.63, 3.8) is 0 Å². The van der Waals surface area contributed by atoms with Crippen LogP contribution in [0.15, 0.2) is 58.4 Å². The molecule has 1 fully saturated rings. The van der Waals surface area contributed by atoms with Crippen molar-refractivity contribution in [2.75, 3.05) is 12.3 Å². The maximum atomic E-state index is 12.8. The zero-order chi connectivity index (χ0) is 23.9. The second-order valence-electron chi connectivity index (χ2n) is 8.69. The highest BCUT2D eigenvalue weighted by Crippen LogP contribution is 2.25. The van der Waals surface area contributed by atoms with E-state index >= 15 is 0 Å². The van der Waals surface area contributed by atoms with Gasteiger partial charge >= 0.3 is 5.97 Å². The molecule has 1 N–H and O–H groups in total. The second-order valence-corrected chi connectivity index (χ2v) is 9.71. The van der Waals surface area contributed by atoms with E-state index in [1.165, 1.54) is 54.3 Å². The number of hydrogen-bond acceptors (Lipinski definition) is 6. The fraction of sp³-hybridized carbons (Fsp3) is 0.385. The van der Waals surface area contributed by atoms with Gasteiger partial charge < -0.3 is 10.1 Å². The number of benzene rings is 1. The van der Waals surface area contributed by atoms with E-state index in [4.69, 9.17) is 4.74 Å². The van der Waals surface area contributed by atoms with Crippen molar-refractivity contribution in [1.29, 1.82) is 0 Å². The normalized spacial score (nSPS) is 14.1. The highest BCUT2D eigenvalue weighted by Gasteiger charge is 2.17. The first-order valence-corrected chi connectivity index (χ1v) is 12.6. The van der Waals surface area contributed by atoms with Crippen LogP contribution in [0.4, 0.5) is 0 Å². The van der Waals surface area contributed by atoms with Gasteiger partial charge in [0.1, 0.15) is 12.3 Å². The van der Waals surface area contributed by atoms with Crippen LogP contribution < -0.4 is 10.9 Å². The average molecular weight is 480 g/mol. The number of carbonyl (C=O) groups is 2. The van der Waals surface area contributed by atoms with Gasteiger partial charge in [0.2, 0.25) is 5.91 Å². The van der Waals surface area contributed by atoms with Crippen LogP contribution in [0.25, 0.3) is 5.65 Å². The Balaban J connectivity index is 1.34. The van der Waals surface area contributed by atoms with Gasteiger partial charge in [0, 0.05) is 23.7 Å². The molecule has 3 aromatic rings. The van der Waals surface area contributed by atoms with Crippen LogP contribution in [-0.4, -0.2) is 33.6 Å². The molecule has 1 amide bonds. The number of carbonyl (C=O) groups excluding carboxylic acids is 2. The third kappa shape index (κ3) is 6.26. The van der Waals surface area contributed by atoms with Crippen molar-refractivity contribution in [3.05, 3.63) is 75.8 Å². The Bertz CT molecular complexity index is 1230. The number of aromatic nitrogens is 2. The predicted molar refractivity (Wildman–Crippen MR) is 132 cm³/mol. The van der Waals surface area contributed by atoms with Crippen LogP contribution in [0.5, 0.6) is 0 Å². The zero-order valence-corrected chi connectivity index (χ0v) is 20.1. The topological polar surface area (TPSA) is 89.8 Å². The third-order valence-corrected chi connectivity index (χ3v) is 7.06. The SMILES string of the molecule is Cc1ccc2nc(COC(=O)c3ccccc3SCC(=O)NCC3CCCCC3)cc(=O)n2c1. The minimum atomic E-state index is -0.517. The summed E-state index contributed by atoms with van der Waals surface area (Å²) in [6.07, 6.45) is 7.86. The number of ether oxygens (including phenoxy) is 1. The summed E-state index contributed by atoms with van der Waals surface area (Å²) in [6.45, 7) is 2.51. The number of amides is 1. The highest BCUT2D eigenvalue weighted by molar-refractivity contribution is 8.00. The van der Waals surface area contributed by atoms with E-state index in [1.54, 1.807) is 30.5 Å². The van der Waals surface area contributed by atoms with Gasteiger partial charge in [-0.2, -0.15) is 0 Å². The van der Waals surface area contributed by atoms with Crippen LogP contribution in [-0.2, 0) is 16.1 Å². The Kier molecular flexibility index (Phi) is 8.00. The van der Waals surface area contributed by atoms with Crippen molar-refractivity contribution in [1.82, 2.24) is 14.7 Å². The lowest BCUT2D eigenvalue weighted by Crippen LogP contribution is -2.31. The first kappa shape index (κ1) is 24.0. The number of nitrogens with zero attached hydrogens (tertiary/aromatic N) is 2. The summed E-state index contributed by atoms with van der Waals surface area (Å²) in [6, 6.07) is 12.1. The molecule has 2 heterocycles. The van der Waals surface area contributed by atoms with Gasteiger partial charge in [-0.1, -0.05) is 37.5 Å². The first-order chi connectivity index (χ1) is 16.5. The molecule has 34 heavy (non-hydrogen) atoms. The van der Waals surface area contributed by atoms with E-state index in [1.807, 2.05) is 19.1 Å².